The van der Waals surface area contributed by atoms with Crippen LogP contribution in [0.4, 0.5) is 0 Å². The molecule has 1 aromatic heterocycles. The number of hydrogen-bond donors (Lipinski definition) is 1. The highest BCUT2D eigenvalue weighted by atomic mass is 79.9. The first kappa shape index (κ1) is 11.5. The summed E-state index contributed by atoms with van der Waals surface area (Å²) in [6, 6.07) is 3.73. The van der Waals surface area contributed by atoms with E-state index in [1.165, 1.54) is 0 Å². The van der Waals surface area contributed by atoms with Gasteiger partial charge in [0.1, 0.15) is 5.69 Å². The number of amides is 1. The van der Waals surface area contributed by atoms with E-state index in [-0.39, 0.29) is 11.9 Å². The Bertz CT molecular complexity index is 361. The Kier molecular flexibility index (Phi) is 3.90. The van der Waals surface area contributed by atoms with Crippen LogP contribution in [0.3, 0.4) is 0 Å². The fourth-order valence-electron chi connectivity index (χ4n) is 1.61. The van der Waals surface area contributed by atoms with E-state index < -0.39 is 0 Å². The van der Waals surface area contributed by atoms with Gasteiger partial charge in [0.2, 0.25) is 0 Å². The predicted molar refractivity (Wildman–Crippen MR) is 63.2 cm³/mol. The van der Waals surface area contributed by atoms with Crippen molar-refractivity contribution in [2.24, 2.45) is 0 Å². The molecule has 0 unspecified atom stereocenters. The summed E-state index contributed by atoms with van der Waals surface area (Å²) in [7, 11) is 0. The van der Waals surface area contributed by atoms with Crippen LogP contribution >= 0.6 is 15.9 Å². The number of hydrogen-bond acceptors (Lipinski definition) is 3. The van der Waals surface area contributed by atoms with E-state index >= 15 is 0 Å². The smallest absolute Gasteiger partial charge is 0.270 e. The number of rotatable bonds is 2. The molecule has 0 spiro atoms. The van der Waals surface area contributed by atoms with E-state index in [1.54, 1.807) is 12.3 Å². The molecule has 1 amide bonds. The molecule has 0 aliphatic carbocycles. The first-order valence-electron chi connectivity index (χ1n) is 5.26. The van der Waals surface area contributed by atoms with Crippen molar-refractivity contribution in [1.82, 2.24) is 10.3 Å². The van der Waals surface area contributed by atoms with E-state index in [0.717, 1.165) is 30.5 Å². The van der Waals surface area contributed by atoms with E-state index in [4.69, 9.17) is 4.74 Å². The molecule has 2 heterocycles. The minimum Gasteiger partial charge on any atom is -0.381 e. The highest BCUT2D eigenvalue weighted by molar-refractivity contribution is 9.10. The Labute approximate surface area is 103 Å². The topological polar surface area (TPSA) is 51.2 Å². The van der Waals surface area contributed by atoms with Gasteiger partial charge in [-0.1, -0.05) is 0 Å². The maximum Gasteiger partial charge on any atom is 0.270 e. The number of aromatic nitrogens is 1. The Morgan fingerprint density at radius 3 is 2.81 bits per heavy atom. The highest BCUT2D eigenvalue weighted by Crippen LogP contribution is 2.09. The van der Waals surface area contributed by atoms with Crippen LogP contribution in [0.1, 0.15) is 23.3 Å². The number of carbonyl (C=O) groups is 1. The van der Waals surface area contributed by atoms with Gasteiger partial charge in [0, 0.05) is 29.9 Å². The van der Waals surface area contributed by atoms with Gasteiger partial charge < -0.3 is 10.1 Å². The summed E-state index contributed by atoms with van der Waals surface area (Å²) < 4.78 is 6.10. The van der Waals surface area contributed by atoms with Gasteiger partial charge in [0.05, 0.1) is 0 Å². The van der Waals surface area contributed by atoms with Crippen molar-refractivity contribution in [3.63, 3.8) is 0 Å². The van der Waals surface area contributed by atoms with Gasteiger partial charge in [-0.15, -0.1) is 0 Å². The van der Waals surface area contributed by atoms with E-state index in [1.807, 2.05) is 6.07 Å². The van der Waals surface area contributed by atoms with Crippen LogP contribution in [-0.2, 0) is 4.74 Å². The van der Waals surface area contributed by atoms with Crippen LogP contribution in [0.25, 0.3) is 0 Å². The molecule has 1 fully saturated rings. The third-order valence-corrected chi connectivity index (χ3v) is 2.99. The minimum absolute atomic E-state index is 0.112. The number of nitrogens with one attached hydrogen (secondary N) is 1. The quantitative estimate of drug-likeness (QED) is 0.900. The number of ether oxygens (including phenoxy) is 1. The Balaban J connectivity index is 1.94. The summed E-state index contributed by atoms with van der Waals surface area (Å²) in [5.41, 5.74) is 0.453. The van der Waals surface area contributed by atoms with Gasteiger partial charge in [-0.25, -0.2) is 4.98 Å². The largest absolute Gasteiger partial charge is 0.381 e. The third-order valence-electron chi connectivity index (χ3n) is 2.52. The maximum atomic E-state index is 11.8. The first-order chi connectivity index (χ1) is 7.75. The van der Waals surface area contributed by atoms with E-state index in [2.05, 4.69) is 26.2 Å². The molecule has 1 N–H and O–H groups in total. The molecule has 0 saturated carbocycles. The van der Waals surface area contributed by atoms with Crippen LogP contribution in [0, 0.1) is 0 Å². The fourth-order valence-corrected chi connectivity index (χ4v) is 1.85. The normalized spacial score (nSPS) is 17.1. The molecular weight excluding hydrogens is 272 g/mol. The zero-order valence-corrected chi connectivity index (χ0v) is 10.4. The predicted octanol–water partition coefficient (Wildman–Crippen LogP) is 1.75. The molecule has 1 aromatic rings. The van der Waals surface area contributed by atoms with Crippen molar-refractivity contribution in [2.45, 2.75) is 18.9 Å². The Hall–Kier alpha value is -0.940. The number of carbonyl (C=O) groups excluding carboxylic acids is 1. The van der Waals surface area contributed by atoms with E-state index in [9.17, 15) is 4.79 Å². The van der Waals surface area contributed by atoms with Crippen LogP contribution in [0.2, 0.25) is 0 Å². The highest BCUT2D eigenvalue weighted by Gasteiger charge is 2.17. The zero-order chi connectivity index (χ0) is 11.4. The molecule has 1 aliphatic rings. The van der Waals surface area contributed by atoms with Gasteiger partial charge in [-0.3, -0.25) is 4.79 Å². The van der Waals surface area contributed by atoms with Crippen molar-refractivity contribution >= 4 is 21.8 Å². The van der Waals surface area contributed by atoms with Crippen molar-refractivity contribution < 1.29 is 9.53 Å². The second-order valence-corrected chi connectivity index (χ2v) is 4.64. The van der Waals surface area contributed by atoms with Crippen molar-refractivity contribution in [3.8, 4) is 0 Å². The number of pyridine rings is 1. The van der Waals surface area contributed by atoms with Crippen LogP contribution in [-0.4, -0.2) is 30.1 Å². The molecule has 4 nitrogen and oxygen atoms in total. The standard InChI is InChI=1S/C11H13BrN2O2/c12-8-1-2-10(13-7-8)11(15)14-9-3-5-16-6-4-9/h1-2,7,9H,3-6H2,(H,14,15). The molecule has 5 heteroatoms. The molecule has 1 saturated heterocycles. The molecule has 86 valence electrons. The van der Waals surface area contributed by atoms with Crippen LogP contribution in [0.5, 0.6) is 0 Å². The van der Waals surface area contributed by atoms with Gasteiger partial charge >= 0.3 is 0 Å². The summed E-state index contributed by atoms with van der Waals surface area (Å²) in [6.07, 6.45) is 3.38. The average Bonchev–Trinajstić information content (AvgIpc) is 2.31. The van der Waals surface area contributed by atoms with Gasteiger partial charge in [-0.05, 0) is 40.9 Å². The lowest BCUT2D eigenvalue weighted by Crippen LogP contribution is -2.39. The third kappa shape index (κ3) is 3.02. The fraction of sp³-hybridized carbons (Fsp3) is 0.455. The number of nitrogens with zero attached hydrogens (tertiary/aromatic N) is 1. The summed E-state index contributed by atoms with van der Waals surface area (Å²) >= 11 is 3.28. The monoisotopic (exact) mass is 284 g/mol. The molecule has 1 aliphatic heterocycles. The molecule has 2 rings (SSSR count). The second-order valence-electron chi connectivity index (χ2n) is 3.72. The van der Waals surface area contributed by atoms with Crippen LogP contribution in [0.15, 0.2) is 22.8 Å². The van der Waals surface area contributed by atoms with Crippen LogP contribution < -0.4 is 5.32 Å². The maximum absolute atomic E-state index is 11.8. The minimum atomic E-state index is -0.112. The first-order valence-corrected chi connectivity index (χ1v) is 6.05. The summed E-state index contributed by atoms with van der Waals surface area (Å²) in [5.74, 6) is -0.112. The molecule has 0 radical (unpaired) electrons. The van der Waals surface area contributed by atoms with Gasteiger partial charge in [-0.2, -0.15) is 0 Å². The van der Waals surface area contributed by atoms with Gasteiger partial charge in [0.15, 0.2) is 0 Å². The lowest BCUT2D eigenvalue weighted by Gasteiger charge is -2.22. The summed E-state index contributed by atoms with van der Waals surface area (Å²) in [5, 5.41) is 2.96. The lowest BCUT2D eigenvalue weighted by atomic mass is 10.1. The summed E-state index contributed by atoms with van der Waals surface area (Å²) in [6.45, 7) is 1.44. The van der Waals surface area contributed by atoms with Crippen molar-refractivity contribution in [3.05, 3.63) is 28.5 Å². The van der Waals surface area contributed by atoms with Crippen molar-refractivity contribution in [2.75, 3.05) is 13.2 Å². The van der Waals surface area contributed by atoms with E-state index in [0.29, 0.717) is 5.69 Å². The Morgan fingerprint density at radius 2 is 2.19 bits per heavy atom. The lowest BCUT2D eigenvalue weighted by molar-refractivity contribution is 0.0694. The SMILES string of the molecule is O=C(NC1CCOCC1)c1ccc(Br)cn1. The second kappa shape index (κ2) is 5.41. The van der Waals surface area contributed by atoms with Gasteiger partial charge in [0.25, 0.3) is 5.91 Å². The molecule has 0 atom stereocenters. The molecule has 16 heavy (non-hydrogen) atoms. The zero-order valence-electron chi connectivity index (χ0n) is 8.78. The number of halogens is 1. The van der Waals surface area contributed by atoms with Crippen molar-refractivity contribution in [1.29, 1.82) is 0 Å². The Morgan fingerprint density at radius 1 is 1.44 bits per heavy atom. The average molecular weight is 285 g/mol. The molecule has 0 bridgehead atoms. The molecule has 0 aromatic carbocycles. The summed E-state index contributed by atoms with van der Waals surface area (Å²) in [4.78, 5) is 15.8. The molecular formula is C11H13BrN2O2.